The first kappa shape index (κ1) is 15.9. The number of hydrogen-bond acceptors (Lipinski definition) is 5. The van der Waals surface area contributed by atoms with Crippen molar-refractivity contribution >= 4 is 16.0 Å². The maximum atomic E-state index is 11.7. The van der Waals surface area contributed by atoms with Gasteiger partial charge in [0.05, 0.1) is 24.5 Å². The monoisotopic (exact) mass is 313 g/mol. The molecule has 1 aliphatic rings. The quantitative estimate of drug-likeness (QED) is 0.783. The molecule has 1 aromatic carbocycles. The number of sulfonamides is 1. The predicted octanol–water partition coefficient (Wildman–Crippen LogP) is 0.717. The Morgan fingerprint density at radius 2 is 1.95 bits per heavy atom. The van der Waals surface area contributed by atoms with E-state index in [0.717, 1.165) is 0 Å². The van der Waals surface area contributed by atoms with E-state index in [2.05, 4.69) is 4.72 Å². The first-order valence-electron chi connectivity index (χ1n) is 6.60. The second-order valence-electron chi connectivity index (χ2n) is 5.49. The molecule has 1 fully saturated rings. The Hall–Kier alpha value is -1.44. The van der Waals surface area contributed by atoms with Crippen LogP contribution in [0.1, 0.15) is 12.5 Å². The average molecular weight is 313 g/mol. The van der Waals surface area contributed by atoms with Crippen molar-refractivity contribution in [2.75, 3.05) is 26.9 Å². The molecule has 1 saturated heterocycles. The van der Waals surface area contributed by atoms with Crippen molar-refractivity contribution in [2.24, 2.45) is 5.41 Å². The van der Waals surface area contributed by atoms with Gasteiger partial charge in [0.2, 0.25) is 10.0 Å². The van der Waals surface area contributed by atoms with Crippen LogP contribution in [0.3, 0.4) is 0 Å². The number of rotatable bonds is 6. The summed E-state index contributed by atoms with van der Waals surface area (Å²) in [7, 11) is -2.10. The van der Waals surface area contributed by atoms with E-state index in [-0.39, 0.29) is 22.7 Å². The van der Waals surface area contributed by atoms with Gasteiger partial charge in [0.25, 0.3) is 0 Å². The summed E-state index contributed by atoms with van der Waals surface area (Å²) in [5, 5.41) is 0. The van der Waals surface area contributed by atoms with Crippen LogP contribution in [0.4, 0.5) is 0 Å². The van der Waals surface area contributed by atoms with E-state index < -0.39 is 10.0 Å². The molecule has 0 atom stereocenters. The number of hydrogen-bond donors (Lipinski definition) is 1. The van der Waals surface area contributed by atoms with Crippen molar-refractivity contribution in [1.29, 1.82) is 0 Å². The molecular weight excluding hydrogens is 294 g/mol. The summed E-state index contributed by atoms with van der Waals surface area (Å²) < 4.78 is 35.7. The molecule has 0 bridgehead atoms. The van der Waals surface area contributed by atoms with Crippen LogP contribution in [0, 0.1) is 5.41 Å². The number of benzene rings is 1. The van der Waals surface area contributed by atoms with Gasteiger partial charge in [-0.3, -0.25) is 4.79 Å². The summed E-state index contributed by atoms with van der Waals surface area (Å²) in [6, 6.07) is 6.16. The van der Waals surface area contributed by atoms with Gasteiger partial charge in [-0.15, -0.1) is 0 Å². The molecule has 0 spiro atoms. The lowest BCUT2D eigenvalue weighted by atomic mass is 9.90. The Morgan fingerprint density at radius 1 is 1.33 bits per heavy atom. The number of carbonyl (C=O) groups is 1. The molecule has 0 radical (unpaired) electrons. The van der Waals surface area contributed by atoms with Crippen LogP contribution in [0.25, 0.3) is 0 Å². The number of nitrogens with one attached hydrogen (secondary N) is 1. The zero-order chi connectivity index (χ0) is 15.5. The Morgan fingerprint density at radius 3 is 2.43 bits per heavy atom. The molecule has 21 heavy (non-hydrogen) atoms. The van der Waals surface area contributed by atoms with E-state index in [1.165, 1.54) is 19.2 Å². The second-order valence-corrected chi connectivity index (χ2v) is 7.38. The average Bonchev–Trinajstić information content (AvgIpc) is 2.43. The van der Waals surface area contributed by atoms with E-state index in [1.807, 2.05) is 6.92 Å². The van der Waals surface area contributed by atoms with E-state index >= 15 is 0 Å². The molecule has 1 aromatic rings. The van der Waals surface area contributed by atoms with E-state index in [4.69, 9.17) is 9.47 Å². The standard InChI is InChI=1S/C14H19NO5S/c1-14(8-19-9-14)10-20-13(16)7-11-3-5-12(6-4-11)21(17,18)15-2/h3-6,15H,7-10H2,1-2H3. The molecular formula is C14H19NO5S. The minimum Gasteiger partial charge on any atom is -0.465 e. The maximum absolute atomic E-state index is 11.7. The molecule has 2 rings (SSSR count). The van der Waals surface area contributed by atoms with Crippen molar-refractivity contribution in [2.45, 2.75) is 18.2 Å². The second kappa shape index (κ2) is 6.13. The van der Waals surface area contributed by atoms with Crippen molar-refractivity contribution in [3.8, 4) is 0 Å². The summed E-state index contributed by atoms with van der Waals surface area (Å²) in [5.74, 6) is -0.327. The zero-order valence-corrected chi connectivity index (χ0v) is 12.9. The largest absolute Gasteiger partial charge is 0.465 e. The van der Waals surface area contributed by atoms with Crippen LogP contribution in [-0.4, -0.2) is 41.3 Å². The van der Waals surface area contributed by atoms with Gasteiger partial charge in [-0.2, -0.15) is 0 Å². The molecule has 0 unspecified atom stereocenters. The fourth-order valence-electron chi connectivity index (χ4n) is 1.91. The fourth-order valence-corrected chi connectivity index (χ4v) is 2.64. The highest BCUT2D eigenvalue weighted by Gasteiger charge is 2.34. The zero-order valence-electron chi connectivity index (χ0n) is 12.1. The summed E-state index contributed by atoms with van der Waals surface area (Å²) in [4.78, 5) is 11.9. The molecule has 116 valence electrons. The lowest BCUT2D eigenvalue weighted by molar-refractivity contribution is -0.164. The molecule has 6 nitrogen and oxygen atoms in total. The van der Waals surface area contributed by atoms with Gasteiger partial charge in [0.15, 0.2) is 0 Å². The first-order valence-corrected chi connectivity index (χ1v) is 8.09. The SMILES string of the molecule is CNS(=O)(=O)c1ccc(CC(=O)OCC2(C)COC2)cc1. The first-order chi connectivity index (χ1) is 9.85. The number of carbonyl (C=O) groups excluding carboxylic acids is 1. The summed E-state index contributed by atoms with van der Waals surface area (Å²) in [6.45, 7) is 3.56. The van der Waals surface area contributed by atoms with E-state index in [0.29, 0.717) is 25.4 Å². The van der Waals surface area contributed by atoms with Crippen LogP contribution in [0.2, 0.25) is 0 Å². The van der Waals surface area contributed by atoms with E-state index in [9.17, 15) is 13.2 Å². The molecule has 0 aromatic heterocycles. The normalized spacial score (nSPS) is 17.0. The highest BCUT2D eigenvalue weighted by Crippen LogP contribution is 2.26. The predicted molar refractivity (Wildman–Crippen MR) is 76.3 cm³/mol. The fraction of sp³-hybridized carbons (Fsp3) is 0.500. The summed E-state index contributed by atoms with van der Waals surface area (Å²) in [5.41, 5.74) is 0.644. The molecule has 0 amide bonds. The topological polar surface area (TPSA) is 81.7 Å². The number of ether oxygens (including phenoxy) is 2. The Bertz CT molecular complexity index is 605. The molecule has 1 aliphatic heterocycles. The van der Waals surface area contributed by atoms with Gasteiger partial charge >= 0.3 is 5.97 Å². The Kier molecular flexibility index (Phi) is 4.65. The lowest BCUT2D eigenvalue weighted by Gasteiger charge is -2.37. The van der Waals surface area contributed by atoms with Crippen molar-refractivity contribution in [1.82, 2.24) is 4.72 Å². The molecule has 7 heteroatoms. The van der Waals surface area contributed by atoms with Crippen molar-refractivity contribution < 1.29 is 22.7 Å². The third kappa shape index (κ3) is 4.03. The van der Waals surface area contributed by atoms with Gasteiger partial charge < -0.3 is 9.47 Å². The maximum Gasteiger partial charge on any atom is 0.310 e. The Labute approximate surface area is 124 Å². The third-order valence-corrected chi connectivity index (χ3v) is 4.76. The highest BCUT2D eigenvalue weighted by atomic mass is 32.2. The van der Waals surface area contributed by atoms with Crippen LogP contribution in [-0.2, 0) is 30.7 Å². The molecule has 1 heterocycles. The van der Waals surface area contributed by atoms with Crippen LogP contribution in [0.15, 0.2) is 29.2 Å². The molecule has 0 saturated carbocycles. The van der Waals surface area contributed by atoms with Crippen molar-refractivity contribution in [3.05, 3.63) is 29.8 Å². The van der Waals surface area contributed by atoms with Gasteiger partial charge in [0, 0.05) is 5.41 Å². The van der Waals surface area contributed by atoms with Gasteiger partial charge in [-0.25, -0.2) is 13.1 Å². The van der Waals surface area contributed by atoms with E-state index in [1.54, 1.807) is 12.1 Å². The van der Waals surface area contributed by atoms with Crippen LogP contribution < -0.4 is 4.72 Å². The molecule has 0 aliphatic carbocycles. The minimum absolute atomic E-state index is 0.0691. The summed E-state index contributed by atoms with van der Waals surface area (Å²) >= 11 is 0. The molecule has 1 N–H and O–H groups in total. The van der Waals surface area contributed by atoms with Gasteiger partial charge in [0.1, 0.15) is 6.61 Å². The van der Waals surface area contributed by atoms with Crippen LogP contribution >= 0.6 is 0 Å². The van der Waals surface area contributed by atoms with Crippen molar-refractivity contribution in [3.63, 3.8) is 0 Å². The van der Waals surface area contributed by atoms with Gasteiger partial charge in [-0.1, -0.05) is 19.1 Å². The van der Waals surface area contributed by atoms with Gasteiger partial charge in [-0.05, 0) is 24.7 Å². The summed E-state index contributed by atoms with van der Waals surface area (Å²) in [6.07, 6.45) is 0.122. The smallest absolute Gasteiger partial charge is 0.310 e. The minimum atomic E-state index is -3.45. The third-order valence-electron chi connectivity index (χ3n) is 3.33. The highest BCUT2D eigenvalue weighted by molar-refractivity contribution is 7.89. The Balaban J connectivity index is 1.89. The van der Waals surface area contributed by atoms with Crippen LogP contribution in [0.5, 0.6) is 0 Å². The lowest BCUT2D eigenvalue weighted by Crippen LogP contribution is -2.44. The number of esters is 1.